The lowest BCUT2D eigenvalue weighted by atomic mass is 9.88. The Kier molecular flexibility index (Phi) is 4.69. The van der Waals surface area contributed by atoms with Gasteiger partial charge in [0.25, 0.3) is 0 Å². The van der Waals surface area contributed by atoms with Gasteiger partial charge in [0.2, 0.25) is 0 Å². The van der Waals surface area contributed by atoms with Crippen molar-refractivity contribution in [2.45, 2.75) is 32.4 Å². The van der Waals surface area contributed by atoms with Gasteiger partial charge in [0, 0.05) is 11.4 Å². The monoisotopic (exact) mass is 276 g/mol. The van der Waals surface area contributed by atoms with Gasteiger partial charge in [-0.25, -0.2) is 4.98 Å². The maximum Gasteiger partial charge on any atom is 0.0798 e. The van der Waals surface area contributed by atoms with E-state index in [0.29, 0.717) is 0 Å². The van der Waals surface area contributed by atoms with Crippen LogP contribution < -0.4 is 5.32 Å². The molecule has 2 N–H and O–H groups in total. The lowest BCUT2D eigenvalue weighted by molar-refractivity contribution is 0.154. The van der Waals surface area contributed by atoms with Crippen LogP contribution in [0.15, 0.2) is 35.8 Å². The van der Waals surface area contributed by atoms with E-state index in [2.05, 4.69) is 29.4 Å². The van der Waals surface area contributed by atoms with Gasteiger partial charge in [0.05, 0.1) is 23.4 Å². The second-order valence-corrected chi connectivity index (χ2v) is 5.61. The van der Waals surface area contributed by atoms with Crippen LogP contribution in [0.1, 0.15) is 29.5 Å². The second kappa shape index (κ2) is 6.28. The molecule has 2 rings (SSSR count). The zero-order valence-electron chi connectivity index (χ0n) is 11.4. The maximum atomic E-state index is 9.85. The van der Waals surface area contributed by atoms with Gasteiger partial charge in [0.15, 0.2) is 0 Å². The van der Waals surface area contributed by atoms with Crippen molar-refractivity contribution in [3.63, 3.8) is 0 Å². The number of benzene rings is 1. The van der Waals surface area contributed by atoms with Crippen LogP contribution in [0.25, 0.3) is 0 Å². The Bertz CT molecular complexity index is 506. The number of aromatic nitrogens is 1. The van der Waals surface area contributed by atoms with Crippen molar-refractivity contribution in [3.05, 3.63) is 52.0 Å². The minimum atomic E-state index is -0.377. The molecule has 0 aliphatic heterocycles. The van der Waals surface area contributed by atoms with Crippen LogP contribution in [-0.4, -0.2) is 16.7 Å². The van der Waals surface area contributed by atoms with E-state index in [1.807, 2.05) is 30.6 Å². The molecular weight excluding hydrogens is 256 g/mol. The molecular formula is C15H20N2OS. The zero-order chi connectivity index (χ0) is 13.7. The molecule has 1 heterocycles. The second-order valence-electron chi connectivity index (χ2n) is 4.67. The smallest absolute Gasteiger partial charge is 0.0798 e. The van der Waals surface area contributed by atoms with Crippen molar-refractivity contribution in [2.24, 2.45) is 0 Å². The number of aryl methyl sites for hydroxylation is 1. The van der Waals surface area contributed by atoms with Crippen LogP contribution in [-0.2, 0) is 12.1 Å². The van der Waals surface area contributed by atoms with Crippen LogP contribution in [0, 0.1) is 6.92 Å². The fraction of sp³-hybridized carbons (Fsp3) is 0.400. The predicted molar refractivity (Wildman–Crippen MR) is 79.2 cm³/mol. The number of aliphatic hydroxyl groups is 1. The third-order valence-electron chi connectivity index (χ3n) is 3.63. The Labute approximate surface area is 118 Å². The Hall–Kier alpha value is -1.23. The molecule has 4 heteroatoms. The highest BCUT2D eigenvalue weighted by Gasteiger charge is 2.29. The summed E-state index contributed by atoms with van der Waals surface area (Å²) in [5.74, 6) is 0. The first-order chi connectivity index (χ1) is 9.22. The van der Waals surface area contributed by atoms with Crippen LogP contribution in [0.4, 0.5) is 0 Å². The van der Waals surface area contributed by atoms with Crippen LogP contribution in [0.2, 0.25) is 0 Å². The highest BCUT2D eigenvalue weighted by atomic mass is 32.1. The molecule has 0 unspecified atom stereocenters. The third-order valence-corrected chi connectivity index (χ3v) is 4.57. The molecule has 0 aliphatic carbocycles. The largest absolute Gasteiger partial charge is 0.394 e. The summed E-state index contributed by atoms with van der Waals surface area (Å²) in [5.41, 5.74) is 3.68. The summed E-state index contributed by atoms with van der Waals surface area (Å²) in [7, 11) is 0. The summed E-state index contributed by atoms with van der Waals surface area (Å²) in [4.78, 5) is 5.48. The number of hydrogen-bond acceptors (Lipinski definition) is 4. The average Bonchev–Trinajstić information content (AvgIpc) is 2.87. The van der Waals surface area contributed by atoms with E-state index in [-0.39, 0.29) is 12.1 Å². The van der Waals surface area contributed by atoms with E-state index in [0.717, 1.165) is 24.2 Å². The minimum absolute atomic E-state index is 0.0887. The van der Waals surface area contributed by atoms with Crippen molar-refractivity contribution in [2.75, 3.05) is 6.61 Å². The summed E-state index contributed by atoms with van der Waals surface area (Å²) in [5, 5.41) is 13.4. The quantitative estimate of drug-likeness (QED) is 0.853. The van der Waals surface area contributed by atoms with Crippen LogP contribution >= 0.6 is 11.3 Å². The maximum absolute atomic E-state index is 9.85. The first-order valence-electron chi connectivity index (χ1n) is 6.52. The number of rotatable bonds is 6. The van der Waals surface area contributed by atoms with Crippen molar-refractivity contribution in [1.82, 2.24) is 10.3 Å². The van der Waals surface area contributed by atoms with E-state index in [9.17, 15) is 5.11 Å². The SMILES string of the molecule is CC[C@@](CO)(NCc1scnc1C)c1ccccc1. The van der Waals surface area contributed by atoms with Gasteiger partial charge in [-0.1, -0.05) is 37.3 Å². The first kappa shape index (κ1) is 14.2. The molecule has 0 amide bonds. The van der Waals surface area contributed by atoms with Gasteiger partial charge >= 0.3 is 0 Å². The molecule has 0 aliphatic rings. The molecule has 1 aromatic carbocycles. The molecule has 3 nitrogen and oxygen atoms in total. The van der Waals surface area contributed by atoms with E-state index < -0.39 is 0 Å². The Morgan fingerprint density at radius 3 is 2.58 bits per heavy atom. The van der Waals surface area contributed by atoms with Gasteiger partial charge in [-0.15, -0.1) is 11.3 Å². The Balaban J connectivity index is 2.18. The van der Waals surface area contributed by atoms with Gasteiger partial charge in [-0.2, -0.15) is 0 Å². The standard InChI is InChI=1S/C15H20N2OS/c1-3-15(10-18,13-7-5-4-6-8-13)17-9-14-12(2)16-11-19-14/h4-8,11,17-18H,3,9-10H2,1-2H3/t15-/m0/s1. The molecule has 0 radical (unpaired) electrons. The number of nitrogens with zero attached hydrogens (tertiary/aromatic N) is 1. The number of hydrogen-bond donors (Lipinski definition) is 2. The van der Waals surface area contributed by atoms with Crippen molar-refractivity contribution >= 4 is 11.3 Å². The molecule has 0 saturated heterocycles. The molecule has 19 heavy (non-hydrogen) atoms. The van der Waals surface area contributed by atoms with E-state index in [1.165, 1.54) is 4.88 Å². The van der Waals surface area contributed by atoms with E-state index in [4.69, 9.17) is 0 Å². The summed E-state index contributed by atoms with van der Waals surface area (Å²) in [6, 6.07) is 10.1. The molecule has 0 spiro atoms. The summed E-state index contributed by atoms with van der Waals surface area (Å²) >= 11 is 1.65. The molecule has 1 atom stereocenters. The molecule has 102 valence electrons. The van der Waals surface area contributed by atoms with Gasteiger partial charge in [-0.3, -0.25) is 0 Å². The van der Waals surface area contributed by atoms with Crippen molar-refractivity contribution in [3.8, 4) is 0 Å². The van der Waals surface area contributed by atoms with Crippen molar-refractivity contribution < 1.29 is 5.11 Å². The lowest BCUT2D eigenvalue weighted by Crippen LogP contribution is -2.44. The summed E-state index contributed by atoms with van der Waals surface area (Å²) in [6.45, 7) is 4.93. The third kappa shape index (κ3) is 3.03. The summed E-state index contributed by atoms with van der Waals surface area (Å²) in [6.07, 6.45) is 0.839. The molecule has 2 aromatic rings. The topological polar surface area (TPSA) is 45.1 Å². The van der Waals surface area contributed by atoms with E-state index >= 15 is 0 Å². The lowest BCUT2D eigenvalue weighted by Gasteiger charge is -2.32. The molecule has 0 saturated carbocycles. The summed E-state index contributed by atoms with van der Waals surface area (Å²) < 4.78 is 0. The highest BCUT2D eigenvalue weighted by Crippen LogP contribution is 2.25. The van der Waals surface area contributed by atoms with E-state index in [1.54, 1.807) is 11.3 Å². The van der Waals surface area contributed by atoms with Gasteiger partial charge in [0.1, 0.15) is 0 Å². The zero-order valence-corrected chi connectivity index (χ0v) is 12.2. The van der Waals surface area contributed by atoms with Gasteiger partial charge < -0.3 is 10.4 Å². The van der Waals surface area contributed by atoms with Gasteiger partial charge in [-0.05, 0) is 18.9 Å². The number of thiazole rings is 1. The molecule has 0 bridgehead atoms. The Morgan fingerprint density at radius 1 is 1.32 bits per heavy atom. The molecule has 1 aromatic heterocycles. The van der Waals surface area contributed by atoms with Crippen LogP contribution in [0.3, 0.4) is 0 Å². The normalized spacial score (nSPS) is 14.3. The Morgan fingerprint density at radius 2 is 2.05 bits per heavy atom. The predicted octanol–water partition coefficient (Wildman–Crippen LogP) is 2.84. The fourth-order valence-corrected chi connectivity index (χ4v) is 2.91. The fourth-order valence-electron chi connectivity index (χ4n) is 2.19. The average molecular weight is 276 g/mol. The van der Waals surface area contributed by atoms with Crippen molar-refractivity contribution in [1.29, 1.82) is 0 Å². The van der Waals surface area contributed by atoms with Crippen LogP contribution in [0.5, 0.6) is 0 Å². The minimum Gasteiger partial charge on any atom is -0.394 e. The molecule has 0 fully saturated rings. The number of aliphatic hydroxyl groups excluding tert-OH is 1. The first-order valence-corrected chi connectivity index (χ1v) is 7.40. The highest BCUT2D eigenvalue weighted by molar-refractivity contribution is 7.09. The number of nitrogens with one attached hydrogen (secondary N) is 1.